The topological polar surface area (TPSA) is 58.4 Å². The van der Waals surface area contributed by atoms with Gasteiger partial charge in [0.1, 0.15) is 11.6 Å². The Balaban J connectivity index is 1.81. The average Bonchev–Trinajstić information content (AvgIpc) is 2.62. The Morgan fingerprint density at radius 3 is 2.38 bits per heavy atom. The van der Waals surface area contributed by atoms with Crippen LogP contribution in [0.15, 0.2) is 41.2 Å². The Labute approximate surface area is 139 Å². The SMILES string of the molecule is CCC(=O)N1CCN(c2ccc(=O)n(-c3ccc(F)cc3)n2)CC1. The van der Waals surface area contributed by atoms with Gasteiger partial charge in [-0.2, -0.15) is 4.68 Å². The second-order valence-electron chi connectivity index (χ2n) is 5.64. The Morgan fingerprint density at radius 2 is 1.75 bits per heavy atom. The van der Waals surface area contributed by atoms with E-state index in [0.29, 0.717) is 44.1 Å². The first-order valence-corrected chi connectivity index (χ1v) is 7.97. The van der Waals surface area contributed by atoms with Crippen molar-refractivity contribution < 1.29 is 9.18 Å². The van der Waals surface area contributed by atoms with E-state index < -0.39 is 0 Å². The highest BCUT2D eigenvalue weighted by molar-refractivity contribution is 5.76. The number of anilines is 1. The number of amides is 1. The molecule has 1 saturated heterocycles. The molecule has 0 bridgehead atoms. The fourth-order valence-corrected chi connectivity index (χ4v) is 2.75. The molecular weight excluding hydrogens is 311 g/mol. The number of carbonyl (C=O) groups is 1. The van der Waals surface area contributed by atoms with Gasteiger partial charge in [-0.1, -0.05) is 6.92 Å². The van der Waals surface area contributed by atoms with Crippen LogP contribution in [0.2, 0.25) is 0 Å². The van der Waals surface area contributed by atoms with E-state index in [9.17, 15) is 14.0 Å². The van der Waals surface area contributed by atoms with E-state index in [4.69, 9.17) is 0 Å². The lowest BCUT2D eigenvalue weighted by Crippen LogP contribution is -2.49. The molecule has 0 saturated carbocycles. The van der Waals surface area contributed by atoms with Gasteiger partial charge < -0.3 is 9.80 Å². The monoisotopic (exact) mass is 330 g/mol. The third-order valence-corrected chi connectivity index (χ3v) is 4.12. The Bertz CT molecular complexity index is 780. The lowest BCUT2D eigenvalue weighted by molar-refractivity contribution is -0.131. The van der Waals surface area contributed by atoms with Crippen LogP contribution in [0.5, 0.6) is 0 Å². The third-order valence-electron chi connectivity index (χ3n) is 4.12. The molecule has 1 aliphatic heterocycles. The van der Waals surface area contributed by atoms with Gasteiger partial charge in [0.15, 0.2) is 0 Å². The van der Waals surface area contributed by atoms with Crippen molar-refractivity contribution in [1.82, 2.24) is 14.7 Å². The van der Waals surface area contributed by atoms with E-state index in [0.717, 1.165) is 0 Å². The third kappa shape index (κ3) is 3.29. The molecule has 0 spiro atoms. The van der Waals surface area contributed by atoms with Gasteiger partial charge in [0, 0.05) is 38.7 Å². The zero-order valence-electron chi connectivity index (χ0n) is 13.5. The quantitative estimate of drug-likeness (QED) is 0.854. The van der Waals surface area contributed by atoms with Crippen LogP contribution in [0, 0.1) is 5.82 Å². The van der Waals surface area contributed by atoms with Crippen molar-refractivity contribution in [2.24, 2.45) is 0 Å². The Hall–Kier alpha value is -2.70. The Morgan fingerprint density at radius 1 is 1.08 bits per heavy atom. The summed E-state index contributed by atoms with van der Waals surface area (Å²) in [6, 6.07) is 8.77. The van der Waals surface area contributed by atoms with Gasteiger partial charge in [-0.25, -0.2) is 4.39 Å². The summed E-state index contributed by atoms with van der Waals surface area (Å²) in [6.45, 7) is 4.48. The second-order valence-corrected chi connectivity index (χ2v) is 5.64. The summed E-state index contributed by atoms with van der Waals surface area (Å²) in [5, 5.41) is 4.39. The number of carbonyl (C=O) groups excluding carboxylic acids is 1. The van der Waals surface area contributed by atoms with E-state index in [-0.39, 0.29) is 17.3 Å². The zero-order valence-corrected chi connectivity index (χ0v) is 13.5. The summed E-state index contributed by atoms with van der Waals surface area (Å²) in [5.41, 5.74) is 0.244. The number of hydrogen-bond acceptors (Lipinski definition) is 4. The predicted octanol–water partition coefficient (Wildman–Crippen LogP) is 1.43. The molecule has 7 heteroatoms. The van der Waals surface area contributed by atoms with Crippen molar-refractivity contribution in [3.63, 3.8) is 0 Å². The number of hydrogen-bond donors (Lipinski definition) is 0. The lowest BCUT2D eigenvalue weighted by atomic mass is 10.3. The molecule has 0 N–H and O–H groups in total. The molecule has 1 aliphatic rings. The average molecular weight is 330 g/mol. The van der Waals surface area contributed by atoms with Crippen LogP contribution in [0.3, 0.4) is 0 Å². The second kappa shape index (κ2) is 6.82. The maximum absolute atomic E-state index is 13.1. The number of aromatic nitrogens is 2. The molecule has 2 aromatic rings. The molecule has 3 rings (SSSR count). The molecular formula is C17H19FN4O2. The van der Waals surface area contributed by atoms with Crippen molar-refractivity contribution in [3.8, 4) is 5.69 Å². The van der Waals surface area contributed by atoms with Gasteiger partial charge in [0.2, 0.25) is 5.91 Å². The molecule has 1 amide bonds. The molecule has 0 atom stereocenters. The minimum Gasteiger partial charge on any atom is -0.352 e. The van der Waals surface area contributed by atoms with Crippen molar-refractivity contribution in [1.29, 1.82) is 0 Å². The normalized spacial score (nSPS) is 14.8. The number of benzene rings is 1. The molecule has 1 aromatic heterocycles. The standard InChI is InChI=1S/C17H19FN4O2/c1-2-16(23)21-11-9-20(10-12-21)15-7-8-17(24)22(19-15)14-5-3-13(18)4-6-14/h3-8H,2,9-12H2,1H3. The minimum absolute atomic E-state index is 0.152. The summed E-state index contributed by atoms with van der Waals surface area (Å²) in [7, 11) is 0. The smallest absolute Gasteiger partial charge is 0.271 e. The molecule has 1 aromatic carbocycles. The molecule has 2 heterocycles. The summed E-state index contributed by atoms with van der Waals surface area (Å²) in [6.07, 6.45) is 0.508. The van der Waals surface area contributed by atoms with Gasteiger partial charge in [-0.05, 0) is 30.3 Å². The number of halogens is 1. The summed E-state index contributed by atoms with van der Waals surface area (Å²) in [4.78, 5) is 27.7. The number of rotatable bonds is 3. The van der Waals surface area contributed by atoms with Crippen LogP contribution in [0.25, 0.3) is 5.69 Å². The fourth-order valence-electron chi connectivity index (χ4n) is 2.75. The van der Waals surface area contributed by atoms with Crippen LogP contribution in [0.1, 0.15) is 13.3 Å². The maximum atomic E-state index is 13.1. The molecule has 126 valence electrons. The van der Waals surface area contributed by atoms with Crippen LogP contribution in [0.4, 0.5) is 10.2 Å². The molecule has 1 fully saturated rings. The van der Waals surface area contributed by atoms with Crippen molar-refractivity contribution >= 4 is 11.7 Å². The van der Waals surface area contributed by atoms with E-state index in [1.165, 1.54) is 35.0 Å². The van der Waals surface area contributed by atoms with E-state index in [1.807, 2.05) is 16.7 Å². The van der Waals surface area contributed by atoms with Crippen molar-refractivity contribution in [3.05, 3.63) is 52.6 Å². The van der Waals surface area contributed by atoms with Crippen LogP contribution in [-0.2, 0) is 4.79 Å². The van der Waals surface area contributed by atoms with E-state index in [1.54, 1.807) is 6.07 Å². The molecule has 0 aliphatic carbocycles. The zero-order chi connectivity index (χ0) is 17.1. The minimum atomic E-state index is -0.361. The largest absolute Gasteiger partial charge is 0.352 e. The van der Waals surface area contributed by atoms with Gasteiger partial charge in [0.05, 0.1) is 5.69 Å². The maximum Gasteiger partial charge on any atom is 0.271 e. The van der Waals surface area contributed by atoms with Gasteiger partial charge in [-0.15, -0.1) is 5.10 Å². The Kier molecular flexibility index (Phi) is 4.59. The van der Waals surface area contributed by atoms with Crippen LogP contribution < -0.4 is 10.5 Å². The van der Waals surface area contributed by atoms with Crippen LogP contribution >= 0.6 is 0 Å². The highest BCUT2D eigenvalue weighted by Crippen LogP contribution is 2.14. The summed E-state index contributed by atoms with van der Waals surface area (Å²) in [5.74, 6) is 0.459. The van der Waals surface area contributed by atoms with Gasteiger partial charge in [0.25, 0.3) is 5.56 Å². The van der Waals surface area contributed by atoms with Gasteiger partial charge >= 0.3 is 0 Å². The molecule has 0 radical (unpaired) electrons. The van der Waals surface area contributed by atoms with Crippen LogP contribution in [-0.4, -0.2) is 46.8 Å². The van der Waals surface area contributed by atoms with E-state index >= 15 is 0 Å². The fraction of sp³-hybridized carbons (Fsp3) is 0.353. The highest BCUT2D eigenvalue weighted by atomic mass is 19.1. The first kappa shape index (κ1) is 16.2. The summed E-state index contributed by atoms with van der Waals surface area (Å²) >= 11 is 0. The first-order chi connectivity index (χ1) is 11.6. The van der Waals surface area contributed by atoms with Crippen molar-refractivity contribution in [2.75, 3.05) is 31.1 Å². The number of nitrogens with zero attached hydrogens (tertiary/aromatic N) is 4. The van der Waals surface area contributed by atoms with Crippen molar-refractivity contribution in [2.45, 2.75) is 13.3 Å². The lowest BCUT2D eigenvalue weighted by Gasteiger charge is -2.35. The summed E-state index contributed by atoms with van der Waals surface area (Å²) < 4.78 is 14.3. The number of piperazine rings is 1. The first-order valence-electron chi connectivity index (χ1n) is 7.97. The molecule has 6 nitrogen and oxygen atoms in total. The van der Waals surface area contributed by atoms with E-state index in [2.05, 4.69) is 5.10 Å². The van der Waals surface area contributed by atoms with Gasteiger partial charge in [-0.3, -0.25) is 9.59 Å². The molecule has 0 unspecified atom stereocenters. The molecule has 24 heavy (non-hydrogen) atoms. The highest BCUT2D eigenvalue weighted by Gasteiger charge is 2.21. The predicted molar refractivity (Wildman–Crippen MR) is 88.9 cm³/mol.